The highest BCUT2D eigenvalue weighted by molar-refractivity contribution is 5.71. The fourth-order valence-corrected chi connectivity index (χ4v) is 3.72. The summed E-state index contributed by atoms with van der Waals surface area (Å²) in [5.41, 5.74) is 8.33. The lowest BCUT2D eigenvalue weighted by Crippen LogP contribution is -2.37. The van der Waals surface area contributed by atoms with E-state index >= 15 is 0 Å². The topological polar surface area (TPSA) is 56.7 Å². The molecule has 4 nitrogen and oxygen atoms in total. The van der Waals surface area contributed by atoms with Gasteiger partial charge in [-0.25, -0.2) is 9.97 Å². The van der Waals surface area contributed by atoms with Crippen molar-refractivity contribution in [1.82, 2.24) is 14.5 Å². The first-order chi connectivity index (χ1) is 10.3. The summed E-state index contributed by atoms with van der Waals surface area (Å²) in [6.45, 7) is 3.88. The van der Waals surface area contributed by atoms with Crippen molar-refractivity contribution in [1.29, 1.82) is 0 Å². The van der Waals surface area contributed by atoms with Crippen LogP contribution in [0.5, 0.6) is 0 Å². The number of rotatable bonds is 4. The highest BCUT2D eigenvalue weighted by Gasteiger charge is 2.36. The first-order valence-electron chi connectivity index (χ1n) is 8.32. The lowest BCUT2D eigenvalue weighted by Gasteiger charge is -2.31. The number of nitrogens with zero attached hydrogens (tertiary/aromatic N) is 3. The predicted octanol–water partition coefficient (Wildman–Crippen LogP) is 3.39. The van der Waals surface area contributed by atoms with E-state index in [1.54, 1.807) is 0 Å². The molecule has 1 aliphatic rings. The van der Waals surface area contributed by atoms with Gasteiger partial charge in [-0.05, 0) is 31.4 Å². The van der Waals surface area contributed by atoms with Crippen LogP contribution in [0.2, 0.25) is 0 Å². The molecule has 4 heteroatoms. The number of aromatic nitrogens is 3. The van der Waals surface area contributed by atoms with Gasteiger partial charge < -0.3 is 10.3 Å². The number of aryl methyl sites for hydroxylation is 1. The van der Waals surface area contributed by atoms with Crippen LogP contribution in [0.25, 0.3) is 11.2 Å². The van der Waals surface area contributed by atoms with Crippen molar-refractivity contribution in [2.24, 2.45) is 5.73 Å². The maximum absolute atomic E-state index is 6.25. The minimum absolute atomic E-state index is 0.0480. The summed E-state index contributed by atoms with van der Waals surface area (Å²) in [4.78, 5) is 9.52. The second kappa shape index (κ2) is 6.14. The normalized spacial score (nSPS) is 18.8. The Morgan fingerprint density at radius 1 is 1.24 bits per heavy atom. The molecular weight excluding hydrogens is 260 g/mol. The van der Waals surface area contributed by atoms with E-state index in [9.17, 15) is 0 Å². The van der Waals surface area contributed by atoms with Gasteiger partial charge in [-0.3, -0.25) is 0 Å². The van der Waals surface area contributed by atoms with Crippen molar-refractivity contribution in [3.63, 3.8) is 0 Å². The summed E-state index contributed by atoms with van der Waals surface area (Å²) < 4.78 is 2.33. The summed E-state index contributed by atoms with van der Waals surface area (Å²) in [5.74, 6) is 1.18. The van der Waals surface area contributed by atoms with Crippen LogP contribution in [0.1, 0.15) is 57.7 Å². The fraction of sp³-hybridized carbons (Fsp3) is 0.647. The second-order valence-electron chi connectivity index (χ2n) is 6.33. The van der Waals surface area contributed by atoms with Gasteiger partial charge in [0.1, 0.15) is 11.3 Å². The van der Waals surface area contributed by atoms with Crippen LogP contribution in [0.15, 0.2) is 18.3 Å². The number of nitrogens with two attached hydrogens (primary N) is 1. The summed E-state index contributed by atoms with van der Waals surface area (Å²) in [5, 5.41) is 0. The number of imidazole rings is 1. The van der Waals surface area contributed by atoms with Crippen LogP contribution >= 0.6 is 0 Å². The van der Waals surface area contributed by atoms with E-state index in [-0.39, 0.29) is 5.41 Å². The lowest BCUT2D eigenvalue weighted by atomic mass is 9.79. The van der Waals surface area contributed by atoms with Gasteiger partial charge in [0.05, 0.1) is 0 Å². The SMILES string of the molecule is CCCn1c(C2(CN)CCCCCC2)nc2cccnc21. The highest BCUT2D eigenvalue weighted by atomic mass is 15.1. The Morgan fingerprint density at radius 2 is 2.00 bits per heavy atom. The van der Waals surface area contributed by atoms with Crippen molar-refractivity contribution >= 4 is 11.2 Å². The van der Waals surface area contributed by atoms with Gasteiger partial charge in [-0.2, -0.15) is 0 Å². The van der Waals surface area contributed by atoms with Gasteiger partial charge in [0, 0.05) is 24.7 Å². The van der Waals surface area contributed by atoms with Crippen molar-refractivity contribution in [2.45, 2.75) is 63.8 Å². The molecule has 1 saturated carbocycles. The molecule has 0 aromatic carbocycles. The van der Waals surface area contributed by atoms with Crippen LogP contribution < -0.4 is 5.73 Å². The number of fused-ring (bicyclic) bond motifs is 1. The Kier molecular flexibility index (Phi) is 4.24. The molecule has 2 heterocycles. The maximum Gasteiger partial charge on any atom is 0.159 e. The van der Waals surface area contributed by atoms with Crippen molar-refractivity contribution < 1.29 is 0 Å². The minimum Gasteiger partial charge on any atom is -0.329 e. The molecule has 0 atom stereocenters. The average Bonchev–Trinajstić information content (AvgIpc) is 2.72. The molecule has 0 unspecified atom stereocenters. The third-order valence-electron chi connectivity index (χ3n) is 4.88. The molecule has 21 heavy (non-hydrogen) atoms. The summed E-state index contributed by atoms with van der Waals surface area (Å²) >= 11 is 0. The molecule has 0 bridgehead atoms. The monoisotopic (exact) mass is 286 g/mol. The van der Waals surface area contributed by atoms with E-state index in [4.69, 9.17) is 10.7 Å². The zero-order valence-electron chi connectivity index (χ0n) is 13.0. The maximum atomic E-state index is 6.25. The lowest BCUT2D eigenvalue weighted by molar-refractivity contribution is 0.345. The fourth-order valence-electron chi connectivity index (χ4n) is 3.72. The van der Waals surface area contributed by atoms with E-state index < -0.39 is 0 Å². The molecule has 0 spiro atoms. The Balaban J connectivity index is 2.14. The van der Waals surface area contributed by atoms with Crippen molar-refractivity contribution in [3.05, 3.63) is 24.2 Å². The van der Waals surface area contributed by atoms with E-state index in [1.807, 2.05) is 12.3 Å². The average molecular weight is 286 g/mol. The minimum atomic E-state index is 0.0480. The zero-order chi connectivity index (χ0) is 14.7. The first-order valence-corrected chi connectivity index (χ1v) is 8.32. The van der Waals surface area contributed by atoms with E-state index in [1.165, 1.54) is 31.5 Å². The van der Waals surface area contributed by atoms with Gasteiger partial charge in [0.15, 0.2) is 5.65 Å². The van der Waals surface area contributed by atoms with Crippen LogP contribution in [0.3, 0.4) is 0 Å². The van der Waals surface area contributed by atoms with Gasteiger partial charge in [-0.15, -0.1) is 0 Å². The molecule has 2 aromatic heterocycles. The Hall–Kier alpha value is -1.42. The predicted molar refractivity (Wildman–Crippen MR) is 86.3 cm³/mol. The van der Waals surface area contributed by atoms with Gasteiger partial charge in [0.2, 0.25) is 0 Å². The van der Waals surface area contributed by atoms with Crippen LogP contribution in [-0.2, 0) is 12.0 Å². The zero-order valence-corrected chi connectivity index (χ0v) is 13.0. The Labute approximate surface area is 126 Å². The van der Waals surface area contributed by atoms with Crippen LogP contribution in [0, 0.1) is 0 Å². The molecule has 3 rings (SSSR count). The molecule has 0 aliphatic heterocycles. The highest BCUT2D eigenvalue weighted by Crippen LogP contribution is 2.38. The van der Waals surface area contributed by atoms with Crippen molar-refractivity contribution in [3.8, 4) is 0 Å². The quantitative estimate of drug-likeness (QED) is 0.876. The number of hydrogen-bond acceptors (Lipinski definition) is 3. The third kappa shape index (κ3) is 2.57. The first kappa shape index (κ1) is 14.5. The molecular formula is C17H26N4. The molecule has 114 valence electrons. The smallest absolute Gasteiger partial charge is 0.159 e. The number of hydrogen-bond donors (Lipinski definition) is 1. The summed E-state index contributed by atoms with van der Waals surface area (Å²) in [7, 11) is 0. The third-order valence-corrected chi connectivity index (χ3v) is 4.88. The molecule has 0 saturated heterocycles. The summed E-state index contributed by atoms with van der Waals surface area (Å²) in [6.07, 6.45) is 10.5. The van der Waals surface area contributed by atoms with Gasteiger partial charge >= 0.3 is 0 Å². The Bertz CT molecular complexity index is 594. The molecule has 1 aliphatic carbocycles. The van der Waals surface area contributed by atoms with Crippen LogP contribution in [0.4, 0.5) is 0 Å². The van der Waals surface area contributed by atoms with Gasteiger partial charge in [-0.1, -0.05) is 32.6 Å². The van der Waals surface area contributed by atoms with Crippen molar-refractivity contribution in [2.75, 3.05) is 6.54 Å². The Morgan fingerprint density at radius 3 is 2.67 bits per heavy atom. The van der Waals surface area contributed by atoms with E-state index in [0.29, 0.717) is 6.54 Å². The summed E-state index contributed by atoms with van der Waals surface area (Å²) in [6, 6.07) is 4.04. The molecule has 2 N–H and O–H groups in total. The van der Waals surface area contributed by atoms with Crippen LogP contribution in [-0.4, -0.2) is 21.1 Å². The molecule has 0 amide bonds. The molecule has 1 fully saturated rings. The second-order valence-corrected chi connectivity index (χ2v) is 6.33. The number of pyridine rings is 1. The largest absolute Gasteiger partial charge is 0.329 e. The standard InChI is InChI=1S/C17H26N4/c1-2-12-21-15-14(8-7-11-19-15)20-16(21)17(13-18)9-5-3-4-6-10-17/h7-8,11H,2-6,9-10,12-13,18H2,1H3. The van der Waals surface area contributed by atoms with E-state index in [2.05, 4.69) is 22.5 Å². The molecule has 0 radical (unpaired) electrons. The van der Waals surface area contributed by atoms with Gasteiger partial charge in [0.25, 0.3) is 0 Å². The molecule has 2 aromatic rings. The van der Waals surface area contributed by atoms with E-state index in [0.717, 1.165) is 37.0 Å².